The van der Waals surface area contributed by atoms with Gasteiger partial charge in [0.05, 0.1) is 6.42 Å². The maximum Gasteiger partial charge on any atom is 0.227 e. The van der Waals surface area contributed by atoms with E-state index in [4.69, 9.17) is 0 Å². The van der Waals surface area contributed by atoms with Crippen molar-refractivity contribution < 1.29 is 9.90 Å². The first-order valence-electron chi connectivity index (χ1n) is 9.00. The summed E-state index contributed by atoms with van der Waals surface area (Å²) in [5.74, 6) is 0.193. The fourth-order valence-electron chi connectivity index (χ4n) is 4.06. The Morgan fingerprint density at radius 3 is 2.75 bits per heavy atom. The second kappa shape index (κ2) is 6.98. The summed E-state index contributed by atoms with van der Waals surface area (Å²) < 4.78 is 0. The number of H-pyrrole nitrogens is 1. The van der Waals surface area contributed by atoms with E-state index in [-0.39, 0.29) is 18.6 Å². The third kappa shape index (κ3) is 3.07. The largest absolute Gasteiger partial charge is 0.396 e. The number of fused-ring (bicyclic) bond motifs is 1. The number of carbonyl (C=O) groups is 1. The second-order valence-electron chi connectivity index (χ2n) is 7.10. The Kier molecular flexibility index (Phi) is 4.95. The number of aromatic nitrogens is 1. The number of nitrogens with one attached hydrogen (secondary N) is 1. The first-order chi connectivity index (χ1) is 11.5. The van der Waals surface area contributed by atoms with Gasteiger partial charge in [0.25, 0.3) is 0 Å². The zero-order valence-electron chi connectivity index (χ0n) is 15.0. The van der Waals surface area contributed by atoms with E-state index in [9.17, 15) is 9.90 Å². The molecule has 1 aromatic carbocycles. The van der Waals surface area contributed by atoms with Crippen molar-refractivity contribution in [1.29, 1.82) is 0 Å². The molecular weight excluding hydrogens is 300 g/mol. The molecular formula is C20H28N2O2. The Hall–Kier alpha value is -1.81. The fraction of sp³-hybridized carbons (Fsp3) is 0.550. The highest BCUT2D eigenvalue weighted by atomic mass is 16.3. The molecule has 1 atom stereocenters. The summed E-state index contributed by atoms with van der Waals surface area (Å²) >= 11 is 0. The van der Waals surface area contributed by atoms with E-state index < -0.39 is 0 Å². The van der Waals surface area contributed by atoms with Crippen molar-refractivity contribution in [3.8, 4) is 0 Å². The van der Waals surface area contributed by atoms with Crippen LogP contribution in [0.25, 0.3) is 10.9 Å². The summed E-state index contributed by atoms with van der Waals surface area (Å²) in [6, 6.07) is 4.46. The van der Waals surface area contributed by atoms with Crippen molar-refractivity contribution in [2.75, 3.05) is 13.2 Å². The number of rotatable bonds is 4. The van der Waals surface area contributed by atoms with Crippen LogP contribution in [0.2, 0.25) is 0 Å². The van der Waals surface area contributed by atoms with Crippen LogP contribution in [0.5, 0.6) is 0 Å². The van der Waals surface area contributed by atoms with E-state index in [2.05, 4.69) is 37.9 Å². The van der Waals surface area contributed by atoms with Crippen molar-refractivity contribution in [3.63, 3.8) is 0 Å². The molecule has 2 N–H and O–H groups in total. The van der Waals surface area contributed by atoms with Gasteiger partial charge in [-0.05, 0) is 63.1 Å². The molecule has 0 unspecified atom stereocenters. The Morgan fingerprint density at radius 1 is 1.25 bits per heavy atom. The number of carbonyl (C=O) groups excluding carboxylic acids is 1. The molecule has 4 heteroatoms. The summed E-state index contributed by atoms with van der Waals surface area (Å²) in [5.41, 5.74) is 5.80. The van der Waals surface area contributed by atoms with E-state index in [1.54, 1.807) is 0 Å². The number of likely N-dealkylation sites (tertiary alicyclic amines) is 1. The first-order valence-corrected chi connectivity index (χ1v) is 9.00. The maximum atomic E-state index is 13.0. The molecule has 4 nitrogen and oxygen atoms in total. The van der Waals surface area contributed by atoms with Crippen molar-refractivity contribution in [2.45, 2.75) is 58.9 Å². The number of piperidine rings is 1. The molecule has 0 spiro atoms. The van der Waals surface area contributed by atoms with Gasteiger partial charge in [-0.15, -0.1) is 0 Å². The molecule has 1 fully saturated rings. The van der Waals surface area contributed by atoms with Gasteiger partial charge >= 0.3 is 0 Å². The Morgan fingerprint density at radius 2 is 2.00 bits per heavy atom. The van der Waals surface area contributed by atoms with Crippen LogP contribution in [0.3, 0.4) is 0 Å². The monoisotopic (exact) mass is 328 g/mol. The fourth-order valence-corrected chi connectivity index (χ4v) is 4.06. The summed E-state index contributed by atoms with van der Waals surface area (Å²) in [5, 5.41) is 10.5. The van der Waals surface area contributed by atoms with Gasteiger partial charge in [0.15, 0.2) is 0 Å². The number of hydrogen-bond acceptors (Lipinski definition) is 2. The number of hydrogen-bond donors (Lipinski definition) is 2. The smallest absolute Gasteiger partial charge is 0.227 e. The maximum absolute atomic E-state index is 13.0. The van der Waals surface area contributed by atoms with Crippen LogP contribution in [0.15, 0.2) is 12.1 Å². The van der Waals surface area contributed by atoms with Crippen LogP contribution in [-0.4, -0.2) is 40.1 Å². The SMILES string of the molecule is Cc1[nH]c2c(C)ccc(C)c2c1CC(=O)N1CCCC[C@H]1CCO. The lowest BCUT2D eigenvalue weighted by molar-refractivity contribution is -0.134. The van der Waals surface area contributed by atoms with Gasteiger partial charge in [0.2, 0.25) is 5.91 Å². The van der Waals surface area contributed by atoms with Gasteiger partial charge < -0.3 is 15.0 Å². The number of aliphatic hydroxyl groups is 1. The molecule has 0 aliphatic carbocycles. The van der Waals surface area contributed by atoms with Gasteiger partial charge in [0.1, 0.15) is 0 Å². The van der Waals surface area contributed by atoms with Crippen LogP contribution >= 0.6 is 0 Å². The normalized spacial score (nSPS) is 18.3. The van der Waals surface area contributed by atoms with Crippen molar-refractivity contribution in [2.24, 2.45) is 0 Å². The van der Waals surface area contributed by atoms with Crippen LogP contribution in [0.4, 0.5) is 0 Å². The van der Waals surface area contributed by atoms with Gasteiger partial charge in [-0.2, -0.15) is 0 Å². The van der Waals surface area contributed by atoms with E-state index in [1.807, 2.05) is 4.90 Å². The standard InChI is InChI=1S/C20H28N2O2/c1-13-7-8-14(2)20-19(13)17(15(3)21-20)12-18(24)22-10-5-4-6-16(22)9-11-23/h7-8,16,21,23H,4-6,9-12H2,1-3H3/t16-/m0/s1. The highest BCUT2D eigenvalue weighted by Gasteiger charge is 2.27. The number of nitrogens with zero attached hydrogens (tertiary/aromatic N) is 1. The van der Waals surface area contributed by atoms with Gasteiger partial charge in [-0.3, -0.25) is 4.79 Å². The van der Waals surface area contributed by atoms with E-state index in [0.29, 0.717) is 12.8 Å². The average Bonchev–Trinajstić information content (AvgIpc) is 2.90. The summed E-state index contributed by atoms with van der Waals surface area (Å²) in [4.78, 5) is 18.4. The highest BCUT2D eigenvalue weighted by Crippen LogP contribution is 2.29. The predicted octanol–water partition coefficient (Wildman–Crippen LogP) is 3.40. The predicted molar refractivity (Wildman–Crippen MR) is 97.3 cm³/mol. The Bertz CT molecular complexity index is 746. The lowest BCUT2D eigenvalue weighted by atomic mass is 9.97. The lowest BCUT2D eigenvalue weighted by Crippen LogP contribution is -2.44. The molecule has 0 saturated carbocycles. The van der Waals surface area contributed by atoms with Gasteiger partial charge in [-0.1, -0.05) is 12.1 Å². The van der Waals surface area contributed by atoms with Gasteiger partial charge in [0, 0.05) is 35.8 Å². The summed E-state index contributed by atoms with van der Waals surface area (Å²) in [6.45, 7) is 7.24. The van der Waals surface area contributed by atoms with Crippen LogP contribution in [0, 0.1) is 20.8 Å². The number of aliphatic hydroxyl groups excluding tert-OH is 1. The minimum Gasteiger partial charge on any atom is -0.396 e. The summed E-state index contributed by atoms with van der Waals surface area (Å²) in [6.07, 6.45) is 4.36. The molecule has 1 amide bonds. The molecule has 1 aromatic heterocycles. The topological polar surface area (TPSA) is 56.3 Å². The lowest BCUT2D eigenvalue weighted by Gasteiger charge is -2.35. The third-order valence-corrected chi connectivity index (χ3v) is 5.43. The Labute approximate surface area is 143 Å². The molecule has 1 aliphatic heterocycles. The van der Waals surface area contributed by atoms with E-state index in [1.165, 1.54) is 16.5 Å². The molecule has 130 valence electrons. The third-order valence-electron chi connectivity index (χ3n) is 5.43. The molecule has 0 bridgehead atoms. The second-order valence-corrected chi connectivity index (χ2v) is 7.10. The molecule has 2 aromatic rings. The first kappa shape index (κ1) is 17.0. The number of aromatic amines is 1. The quantitative estimate of drug-likeness (QED) is 0.904. The number of aryl methyl sites for hydroxylation is 3. The molecule has 3 rings (SSSR count). The molecule has 24 heavy (non-hydrogen) atoms. The summed E-state index contributed by atoms with van der Waals surface area (Å²) in [7, 11) is 0. The minimum absolute atomic E-state index is 0.152. The molecule has 2 heterocycles. The number of benzene rings is 1. The van der Waals surface area contributed by atoms with Crippen molar-refractivity contribution >= 4 is 16.8 Å². The van der Waals surface area contributed by atoms with Crippen LogP contribution in [-0.2, 0) is 11.2 Å². The van der Waals surface area contributed by atoms with E-state index >= 15 is 0 Å². The van der Waals surface area contributed by atoms with Gasteiger partial charge in [-0.25, -0.2) is 0 Å². The average molecular weight is 328 g/mol. The number of amides is 1. The van der Waals surface area contributed by atoms with Crippen LogP contribution in [0.1, 0.15) is 48.1 Å². The highest BCUT2D eigenvalue weighted by molar-refractivity contribution is 5.94. The Balaban J connectivity index is 1.90. The van der Waals surface area contributed by atoms with Crippen molar-refractivity contribution in [3.05, 3.63) is 34.5 Å². The zero-order chi connectivity index (χ0) is 17.3. The molecule has 1 saturated heterocycles. The van der Waals surface area contributed by atoms with E-state index in [0.717, 1.165) is 42.6 Å². The molecule has 0 radical (unpaired) electrons. The van der Waals surface area contributed by atoms with Crippen molar-refractivity contribution in [1.82, 2.24) is 9.88 Å². The molecule has 1 aliphatic rings. The van der Waals surface area contributed by atoms with Crippen LogP contribution < -0.4 is 0 Å². The zero-order valence-corrected chi connectivity index (χ0v) is 15.0. The minimum atomic E-state index is 0.152.